The number of rotatable bonds is 6. The van der Waals surface area contributed by atoms with E-state index in [4.69, 9.17) is 9.47 Å². The minimum Gasteiger partial charge on any atom is -0.493 e. The van der Waals surface area contributed by atoms with Gasteiger partial charge in [0, 0.05) is 17.7 Å². The molecular formula is C27H25N3O4. The molecule has 0 bridgehead atoms. The average Bonchev–Trinajstić information content (AvgIpc) is 3.13. The van der Waals surface area contributed by atoms with Gasteiger partial charge in [-0.3, -0.25) is 9.59 Å². The van der Waals surface area contributed by atoms with E-state index in [1.165, 1.54) is 4.68 Å². The maximum atomic E-state index is 13.5. The van der Waals surface area contributed by atoms with Crippen LogP contribution in [0.3, 0.4) is 0 Å². The van der Waals surface area contributed by atoms with Crippen LogP contribution in [0.25, 0.3) is 5.69 Å². The first kappa shape index (κ1) is 21.6. The summed E-state index contributed by atoms with van der Waals surface area (Å²) in [5.41, 5.74) is 3.65. The van der Waals surface area contributed by atoms with Crippen molar-refractivity contribution in [3.63, 3.8) is 0 Å². The standard InChI is InChI=1S/C27H25N3O4/c1-3-18-9-7-11-20(15-18)28-24(31)17-29-27-22(26(32)30(29)21-12-5-4-6-13-21)16-19-10-8-14-23(33-2)25(19)34-27/h4-15H,3,16-17H2,1-2H3,(H,28,31). The number of aromatic nitrogens is 2. The summed E-state index contributed by atoms with van der Waals surface area (Å²) in [6, 6.07) is 22.6. The van der Waals surface area contributed by atoms with Gasteiger partial charge in [0.05, 0.1) is 18.4 Å². The van der Waals surface area contributed by atoms with Crippen molar-refractivity contribution in [2.75, 3.05) is 12.4 Å². The molecule has 3 aromatic carbocycles. The molecule has 0 unspecified atom stereocenters. The first-order chi connectivity index (χ1) is 16.6. The van der Waals surface area contributed by atoms with E-state index in [1.807, 2.05) is 72.8 Å². The van der Waals surface area contributed by atoms with Crippen LogP contribution in [0.1, 0.15) is 23.6 Å². The fourth-order valence-corrected chi connectivity index (χ4v) is 4.28. The van der Waals surface area contributed by atoms with Crippen molar-refractivity contribution >= 4 is 11.6 Å². The highest BCUT2D eigenvalue weighted by Gasteiger charge is 2.30. The predicted molar refractivity (Wildman–Crippen MR) is 130 cm³/mol. The lowest BCUT2D eigenvalue weighted by Crippen LogP contribution is -2.27. The number of carbonyl (C=O) groups is 1. The Bertz CT molecular complexity index is 1420. The third kappa shape index (κ3) is 3.85. The Balaban J connectivity index is 1.57. The zero-order valence-electron chi connectivity index (χ0n) is 19.1. The van der Waals surface area contributed by atoms with Gasteiger partial charge in [0.15, 0.2) is 11.5 Å². The number of hydrogen-bond acceptors (Lipinski definition) is 4. The number of nitrogens with zero attached hydrogens (tertiary/aromatic N) is 2. The lowest BCUT2D eigenvalue weighted by Gasteiger charge is -2.21. The molecule has 0 radical (unpaired) electrons. The molecule has 1 aromatic heterocycles. The molecule has 0 atom stereocenters. The third-order valence-corrected chi connectivity index (χ3v) is 5.94. The number of carbonyl (C=O) groups excluding carboxylic acids is 1. The van der Waals surface area contributed by atoms with Crippen LogP contribution in [0.15, 0.2) is 77.6 Å². The monoisotopic (exact) mass is 455 g/mol. The topological polar surface area (TPSA) is 74.5 Å². The minimum atomic E-state index is -0.259. The Labute approximate surface area is 197 Å². The molecule has 172 valence electrons. The molecule has 2 heterocycles. The molecule has 1 aliphatic rings. The van der Waals surface area contributed by atoms with Crippen LogP contribution in [0.4, 0.5) is 5.69 Å². The molecule has 1 N–H and O–H groups in total. The van der Waals surface area contributed by atoms with E-state index < -0.39 is 0 Å². The number of nitrogens with one attached hydrogen (secondary N) is 1. The van der Waals surface area contributed by atoms with Crippen LogP contribution in [0.2, 0.25) is 0 Å². The second kappa shape index (κ2) is 8.94. The van der Waals surface area contributed by atoms with Gasteiger partial charge in [0.25, 0.3) is 5.56 Å². The van der Waals surface area contributed by atoms with E-state index in [0.29, 0.717) is 40.7 Å². The number of anilines is 1. The van der Waals surface area contributed by atoms with Crippen molar-refractivity contribution in [2.24, 2.45) is 0 Å². The SMILES string of the molecule is CCc1cccc(NC(=O)Cn2c3c(c(=O)n2-c2ccccc2)Cc2cccc(OC)c2O3)c1. The number of para-hydroxylation sites is 2. The first-order valence-electron chi connectivity index (χ1n) is 11.2. The van der Waals surface area contributed by atoms with Crippen molar-refractivity contribution in [1.29, 1.82) is 0 Å². The van der Waals surface area contributed by atoms with E-state index in [0.717, 1.165) is 17.5 Å². The molecule has 0 saturated carbocycles. The molecule has 1 aliphatic heterocycles. The van der Waals surface area contributed by atoms with Crippen molar-refractivity contribution in [3.05, 3.63) is 99.8 Å². The summed E-state index contributed by atoms with van der Waals surface area (Å²) in [5.74, 6) is 1.23. The number of benzene rings is 3. The molecule has 1 amide bonds. The predicted octanol–water partition coefficient (Wildman–Crippen LogP) is 4.55. The van der Waals surface area contributed by atoms with Crippen LogP contribution < -0.4 is 20.3 Å². The van der Waals surface area contributed by atoms with E-state index in [2.05, 4.69) is 12.2 Å². The first-order valence-corrected chi connectivity index (χ1v) is 11.2. The van der Waals surface area contributed by atoms with E-state index >= 15 is 0 Å². The van der Waals surface area contributed by atoms with Gasteiger partial charge >= 0.3 is 0 Å². The molecular weight excluding hydrogens is 430 g/mol. The lowest BCUT2D eigenvalue weighted by molar-refractivity contribution is -0.117. The molecule has 0 spiro atoms. The third-order valence-electron chi connectivity index (χ3n) is 5.94. The minimum absolute atomic E-state index is 0.0969. The van der Waals surface area contributed by atoms with Gasteiger partial charge in [-0.05, 0) is 42.3 Å². The maximum absolute atomic E-state index is 13.5. The van der Waals surface area contributed by atoms with Gasteiger partial charge < -0.3 is 14.8 Å². The van der Waals surface area contributed by atoms with Gasteiger partial charge in [-0.25, -0.2) is 9.36 Å². The fraction of sp³-hybridized carbons (Fsp3) is 0.185. The zero-order chi connectivity index (χ0) is 23.7. The zero-order valence-corrected chi connectivity index (χ0v) is 19.1. The summed E-state index contributed by atoms with van der Waals surface area (Å²) in [6.45, 7) is 1.97. The largest absolute Gasteiger partial charge is 0.493 e. The van der Waals surface area contributed by atoms with Crippen LogP contribution in [-0.4, -0.2) is 22.4 Å². The van der Waals surface area contributed by atoms with Crippen LogP contribution >= 0.6 is 0 Å². The summed E-state index contributed by atoms with van der Waals surface area (Å²) >= 11 is 0. The Morgan fingerprint density at radius 3 is 2.62 bits per heavy atom. The van der Waals surface area contributed by atoms with Crippen LogP contribution in [-0.2, 0) is 24.2 Å². The van der Waals surface area contributed by atoms with Gasteiger partial charge in [0.1, 0.15) is 6.54 Å². The smallest absolute Gasteiger partial charge is 0.278 e. The Morgan fingerprint density at radius 1 is 1.06 bits per heavy atom. The molecule has 7 heteroatoms. The van der Waals surface area contributed by atoms with Gasteiger partial charge in [0.2, 0.25) is 11.8 Å². The van der Waals surface area contributed by atoms with Gasteiger partial charge in [-0.15, -0.1) is 0 Å². The number of ether oxygens (including phenoxy) is 2. The lowest BCUT2D eigenvalue weighted by atomic mass is 10.0. The van der Waals surface area contributed by atoms with E-state index in [1.54, 1.807) is 11.8 Å². The molecule has 0 fully saturated rings. The van der Waals surface area contributed by atoms with Crippen LogP contribution in [0.5, 0.6) is 17.4 Å². The maximum Gasteiger partial charge on any atom is 0.278 e. The Morgan fingerprint density at radius 2 is 1.85 bits per heavy atom. The quantitative estimate of drug-likeness (QED) is 0.408. The highest BCUT2D eigenvalue weighted by Crippen LogP contribution is 2.41. The molecule has 0 saturated heterocycles. The molecule has 34 heavy (non-hydrogen) atoms. The summed E-state index contributed by atoms with van der Waals surface area (Å²) in [6.07, 6.45) is 1.26. The summed E-state index contributed by atoms with van der Waals surface area (Å²) in [7, 11) is 1.58. The summed E-state index contributed by atoms with van der Waals surface area (Å²) in [4.78, 5) is 26.6. The normalized spacial score (nSPS) is 11.8. The number of hydrogen-bond donors (Lipinski definition) is 1. The second-order valence-corrected chi connectivity index (χ2v) is 8.12. The number of fused-ring (bicyclic) bond motifs is 2. The van der Waals surface area contributed by atoms with Crippen molar-refractivity contribution < 1.29 is 14.3 Å². The Hall–Kier alpha value is -4.26. The Kier molecular flexibility index (Phi) is 5.67. The second-order valence-electron chi connectivity index (χ2n) is 8.12. The van der Waals surface area contributed by atoms with Crippen molar-refractivity contribution in [1.82, 2.24) is 9.36 Å². The highest BCUT2D eigenvalue weighted by atomic mass is 16.5. The van der Waals surface area contributed by atoms with Crippen molar-refractivity contribution in [3.8, 4) is 23.1 Å². The summed E-state index contributed by atoms with van der Waals surface area (Å²) in [5, 5.41) is 2.95. The molecule has 7 nitrogen and oxygen atoms in total. The number of methoxy groups -OCH3 is 1. The van der Waals surface area contributed by atoms with Crippen LogP contribution in [0, 0.1) is 0 Å². The van der Waals surface area contributed by atoms with Crippen molar-refractivity contribution in [2.45, 2.75) is 26.3 Å². The summed E-state index contributed by atoms with van der Waals surface area (Å²) < 4.78 is 14.8. The molecule has 4 aromatic rings. The molecule has 0 aliphatic carbocycles. The van der Waals surface area contributed by atoms with E-state index in [-0.39, 0.29) is 18.0 Å². The fourth-order valence-electron chi connectivity index (χ4n) is 4.28. The number of amides is 1. The van der Waals surface area contributed by atoms with Gasteiger partial charge in [-0.2, -0.15) is 0 Å². The average molecular weight is 456 g/mol. The van der Waals surface area contributed by atoms with Gasteiger partial charge in [-0.1, -0.05) is 49.4 Å². The highest BCUT2D eigenvalue weighted by molar-refractivity contribution is 5.90. The molecule has 5 rings (SSSR count). The van der Waals surface area contributed by atoms with E-state index in [9.17, 15) is 9.59 Å². The number of aryl methyl sites for hydroxylation is 1.